The molecule has 0 radical (unpaired) electrons. The first-order chi connectivity index (χ1) is 19.2. The van der Waals surface area contributed by atoms with Crippen LogP contribution < -0.4 is 10.2 Å². The molecule has 0 bridgehead atoms. The summed E-state index contributed by atoms with van der Waals surface area (Å²) in [6, 6.07) is 35.2. The molecule has 9 heteroatoms. The topological polar surface area (TPSA) is 81.4 Å². The van der Waals surface area contributed by atoms with E-state index in [1.165, 1.54) is 11.8 Å². The average Bonchev–Trinajstić information content (AvgIpc) is 3.41. The van der Waals surface area contributed by atoms with E-state index in [-0.39, 0.29) is 11.7 Å². The lowest BCUT2D eigenvalue weighted by molar-refractivity contribution is -0.118. The molecule has 0 saturated heterocycles. The van der Waals surface area contributed by atoms with Gasteiger partial charge < -0.3 is 4.74 Å². The van der Waals surface area contributed by atoms with Crippen molar-refractivity contribution < 1.29 is 9.53 Å². The van der Waals surface area contributed by atoms with E-state index in [1.807, 2.05) is 114 Å². The summed E-state index contributed by atoms with van der Waals surface area (Å²) in [5, 5.41) is 13.5. The number of ether oxygens (including phenoxy) is 1. The number of hydrogen-bond acceptors (Lipinski definition) is 6. The van der Waals surface area contributed by atoms with Gasteiger partial charge >= 0.3 is 0 Å². The number of hydrogen-bond donors (Lipinski definition) is 1. The van der Waals surface area contributed by atoms with Crippen LogP contribution in [-0.2, 0) is 11.4 Å². The number of carbonyl (C=O) groups excluding carboxylic acids is 1. The molecule has 1 amide bonds. The van der Waals surface area contributed by atoms with E-state index in [0.29, 0.717) is 23.3 Å². The summed E-state index contributed by atoms with van der Waals surface area (Å²) in [6.45, 7) is 0.417. The monoisotopic (exact) mass is 597 g/mol. The second-order valence-electron chi connectivity index (χ2n) is 8.38. The van der Waals surface area contributed by atoms with Gasteiger partial charge in [-0.3, -0.25) is 9.36 Å². The molecule has 1 heterocycles. The molecule has 0 aliphatic rings. The average molecular weight is 599 g/mol. The first-order valence-electron chi connectivity index (χ1n) is 12.1. The van der Waals surface area contributed by atoms with Crippen molar-refractivity contribution in [2.75, 3.05) is 5.75 Å². The molecular weight excluding hydrogens is 574 g/mol. The fraction of sp³-hybridized carbons (Fsp3) is 0.0667. The number of aromatic nitrogens is 3. The van der Waals surface area contributed by atoms with E-state index in [0.717, 1.165) is 26.9 Å². The molecule has 0 atom stereocenters. The number of hydrazone groups is 1. The Bertz CT molecular complexity index is 1580. The number of carbonyl (C=O) groups is 1. The normalized spacial score (nSPS) is 11.0. The number of halogens is 1. The minimum Gasteiger partial charge on any atom is -0.488 e. The molecule has 5 aromatic rings. The van der Waals surface area contributed by atoms with Gasteiger partial charge in [0.15, 0.2) is 11.0 Å². The third-order valence-corrected chi connectivity index (χ3v) is 7.03. The van der Waals surface area contributed by atoms with Crippen LogP contribution in [0.25, 0.3) is 17.1 Å². The van der Waals surface area contributed by atoms with Crippen molar-refractivity contribution in [1.29, 1.82) is 0 Å². The molecule has 4 aromatic carbocycles. The molecule has 7 nitrogen and oxygen atoms in total. The van der Waals surface area contributed by atoms with Gasteiger partial charge in [0.25, 0.3) is 5.91 Å². The fourth-order valence-corrected chi connectivity index (χ4v) is 4.98. The highest BCUT2D eigenvalue weighted by Crippen LogP contribution is 2.27. The molecule has 39 heavy (non-hydrogen) atoms. The molecule has 194 valence electrons. The summed E-state index contributed by atoms with van der Waals surface area (Å²) in [4.78, 5) is 12.6. The Balaban J connectivity index is 1.23. The van der Waals surface area contributed by atoms with Crippen molar-refractivity contribution in [2.24, 2.45) is 5.10 Å². The lowest BCUT2D eigenvalue weighted by atomic mass is 10.2. The van der Waals surface area contributed by atoms with Crippen molar-refractivity contribution >= 4 is 39.8 Å². The summed E-state index contributed by atoms with van der Waals surface area (Å²) in [6.07, 6.45) is 1.58. The number of amides is 1. The zero-order valence-corrected chi connectivity index (χ0v) is 23.2. The van der Waals surface area contributed by atoms with Gasteiger partial charge in [0, 0.05) is 21.3 Å². The minimum absolute atomic E-state index is 0.123. The SMILES string of the molecule is O=C(CSc1nnc(-c2ccccc2)n1-c1ccccc1)N/N=C/c1ccccc1OCc1cccc(Br)c1. The van der Waals surface area contributed by atoms with E-state index in [2.05, 4.69) is 36.7 Å². The Labute approximate surface area is 239 Å². The highest BCUT2D eigenvalue weighted by atomic mass is 79.9. The van der Waals surface area contributed by atoms with Gasteiger partial charge in [0.05, 0.1) is 12.0 Å². The van der Waals surface area contributed by atoms with Crippen LogP contribution in [0, 0.1) is 0 Å². The van der Waals surface area contributed by atoms with Gasteiger partial charge in [0.1, 0.15) is 12.4 Å². The van der Waals surface area contributed by atoms with Crippen molar-refractivity contribution in [3.05, 3.63) is 125 Å². The van der Waals surface area contributed by atoms with E-state index in [9.17, 15) is 4.79 Å². The number of nitrogens with one attached hydrogen (secondary N) is 1. The number of nitrogens with zero attached hydrogens (tertiary/aromatic N) is 4. The minimum atomic E-state index is -0.257. The lowest BCUT2D eigenvalue weighted by Gasteiger charge is -2.10. The zero-order valence-electron chi connectivity index (χ0n) is 20.8. The summed E-state index contributed by atoms with van der Waals surface area (Å²) in [7, 11) is 0. The number of benzene rings is 4. The maximum atomic E-state index is 12.6. The zero-order chi connectivity index (χ0) is 26.9. The molecule has 0 spiro atoms. The highest BCUT2D eigenvalue weighted by molar-refractivity contribution is 9.10. The molecule has 0 aliphatic heterocycles. The van der Waals surface area contributed by atoms with Crippen LogP contribution in [0.4, 0.5) is 0 Å². The van der Waals surface area contributed by atoms with Crippen LogP contribution in [0.2, 0.25) is 0 Å². The summed E-state index contributed by atoms with van der Waals surface area (Å²) in [5.41, 5.74) is 6.26. The largest absolute Gasteiger partial charge is 0.488 e. The Kier molecular flexibility index (Phi) is 8.82. The maximum absolute atomic E-state index is 12.6. The summed E-state index contributed by atoms with van der Waals surface area (Å²) < 4.78 is 8.94. The van der Waals surface area contributed by atoms with Crippen LogP contribution in [0.5, 0.6) is 5.75 Å². The van der Waals surface area contributed by atoms with Crippen LogP contribution >= 0.6 is 27.7 Å². The second-order valence-corrected chi connectivity index (χ2v) is 10.2. The first kappa shape index (κ1) is 26.4. The van der Waals surface area contributed by atoms with Crippen LogP contribution in [0.1, 0.15) is 11.1 Å². The molecule has 0 unspecified atom stereocenters. The Hall–Kier alpha value is -4.21. The predicted octanol–water partition coefficient (Wildman–Crippen LogP) is 6.52. The van der Waals surface area contributed by atoms with E-state index in [4.69, 9.17) is 4.74 Å². The van der Waals surface area contributed by atoms with Crippen LogP contribution in [-0.4, -0.2) is 32.6 Å². The molecular formula is C30H24BrN5O2S. The first-order valence-corrected chi connectivity index (χ1v) is 13.9. The maximum Gasteiger partial charge on any atom is 0.250 e. The second kappa shape index (κ2) is 13.0. The Morgan fingerprint density at radius 3 is 2.46 bits per heavy atom. The van der Waals surface area contributed by atoms with Crippen molar-refractivity contribution in [1.82, 2.24) is 20.2 Å². The van der Waals surface area contributed by atoms with Gasteiger partial charge in [0.2, 0.25) is 0 Å². The molecule has 0 aliphatic carbocycles. The Morgan fingerprint density at radius 2 is 1.67 bits per heavy atom. The number of rotatable bonds is 10. The van der Waals surface area contributed by atoms with Crippen LogP contribution in [0.15, 0.2) is 124 Å². The lowest BCUT2D eigenvalue weighted by Crippen LogP contribution is -2.20. The van der Waals surface area contributed by atoms with E-state index in [1.54, 1.807) is 6.21 Å². The highest BCUT2D eigenvalue weighted by Gasteiger charge is 2.17. The molecule has 0 saturated carbocycles. The van der Waals surface area contributed by atoms with Gasteiger partial charge in [-0.1, -0.05) is 100 Å². The molecule has 0 fully saturated rings. The van der Waals surface area contributed by atoms with Crippen molar-refractivity contribution in [3.8, 4) is 22.8 Å². The predicted molar refractivity (Wildman–Crippen MR) is 158 cm³/mol. The number of thioether (sulfide) groups is 1. The van der Waals surface area contributed by atoms with Gasteiger partial charge in [-0.15, -0.1) is 10.2 Å². The fourth-order valence-electron chi connectivity index (χ4n) is 3.79. The standard InChI is InChI=1S/C30H24BrN5O2S/c31-25-14-9-10-22(18-25)20-38-27-17-8-7-13-24(27)19-32-33-28(37)21-39-30-35-34-29(23-11-3-1-4-12-23)36(30)26-15-5-2-6-16-26/h1-19H,20-21H2,(H,33,37)/b32-19+. The summed E-state index contributed by atoms with van der Waals surface area (Å²) in [5.74, 6) is 1.25. The van der Waals surface area contributed by atoms with Gasteiger partial charge in [-0.25, -0.2) is 5.43 Å². The quantitative estimate of drug-likeness (QED) is 0.113. The van der Waals surface area contributed by atoms with E-state index < -0.39 is 0 Å². The Morgan fingerprint density at radius 1 is 0.923 bits per heavy atom. The van der Waals surface area contributed by atoms with E-state index >= 15 is 0 Å². The molecule has 1 aromatic heterocycles. The summed E-state index contributed by atoms with van der Waals surface area (Å²) >= 11 is 4.77. The number of para-hydroxylation sites is 2. The third-order valence-electron chi connectivity index (χ3n) is 5.61. The smallest absolute Gasteiger partial charge is 0.250 e. The van der Waals surface area contributed by atoms with Crippen molar-refractivity contribution in [2.45, 2.75) is 11.8 Å². The van der Waals surface area contributed by atoms with Gasteiger partial charge in [-0.05, 0) is 42.0 Å². The van der Waals surface area contributed by atoms with Crippen LogP contribution in [0.3, 0.4) is 0 Å². The molecule has 5 rings (SSSR count). The van der Waals surface area contributed by atoms with Crippen molar-refractivity contribution in [3.63, 3.8) is 0 Å². The molecule has 1 N–H and O–H groups in total. The van der Waals surface area contributed by atoms with Gasteiger partial charge in [-0.2, -0.15) is 5.10 Å². The third kappa shape index (κ3) is 7.01.